The van der Waals surface area contributed by atoms with E-state index < -0.39 is 0 Å². The topological polar surface area (TPSA) is 39.1 Å². The van der Waals surface area contributed by atoms with Gasteiger partial charge in [0.2, 0.25) is 0 Å². The first-order valence-electron chi connectivity index (χ1n) is 8.01. The van der Waals surface area contributed by atoms with Crippen LogP contribution in [0.2, 0.25) is 0 Å². The molecule has 1 atom stereocenters. The highest BCUT2D eigenvalue weighted by Gasteiger charge is 2.12. The summed E-state index contributed by atoms with van der Waals surface area (Å²) in [5.41, 5.74) is 1.18. The molecule has 0 aliphatic carbocycles. The maximum atomic E-state index is 5.20. The van der Waals surface area contributed by atoms with Gasteiger partial charge in [0.1, 0.15) is 0 Å². The smallest absolute Gasteiger partial charge is 0.0640 e. The number of rotatable bonds is 11. The average Bonchev–Trinajstić information content (AvgIpc) is 2.91. The first kappa shape index (κ1) is 17.2. The third kappa shape index (κ3) is 5.63. The molecule has 116 valence electrons. The predicted molar refractivity (Wildman–Crippen MR) is 84.1 cm³/mol. The fourth-order valence-corrected chi connectivity index (χ4v) is 2.49. The van der Waals surface area contributed by atoms with Crippen LogP contribution in [0.3, 0.4) is 0 Å². The van der Waals surface area contributed by atoms with E-state index in [-0.39, 0.29) is 0 Å². The summed E-state index contributed by atoms with van der Waals surface area (Å²) < 4.78 is 7.33. The Balaban J connectivity index is 2.58. The molecule has 20 heavy (non-hydrogen) atoms. The van der Waals surface area contributed by atoms with E-state index in [1.165, 1.54) is 5.69 Å². The summed E-state index contributed by atoms with van der Waals surface area (Å²) in [6.45, 7) is 8.50. The lowest BCUT2D eigenvalue weighted by Crippen LogP contribution is -2.33. The zero-order valence-electron chi connectivity index (χ0n) is 13.6. The molecular formula is C16H31N3O. The lowest BCUT2D eigenvalue weighted by molar-refractivity contribution is 0.182. The molecule has 0 aliphatic heterocycles. The molecule has 0 aliphatic rings. The van der Waals surface area contributed by atoms with Crippen LogP contribution in [-0.4, -0.2) is 36.1 Å². The van der Waals surface area contributed by atoms with Crippen LogP contribution in [-0.2, 0) is 11.2 Å². The Hall–Kier alpha value is -0.870. The van der Waals surface area contributed by atoms with Crippen LogP contribution in [0.15, 0.2) is 12.3 Å². The molecule has 0 radical (unpaired) electrons. The van der Waals surface area contributed by atoms with Crippen molar-refractivity contribution in [1.82, 2.24) is 15.1 Å². The predicted octanol–water partition coefficient (Wildman–Crippen LogP) is 3.19. The lowest BCUT2D eigenvalue weighted by atomic mass is 10.1. The Morgan fingerprint density at radius 3 is 2.65 bits per heavy atom. The van der Waals surface area contributed by atoms with Crippen LogP contribution in [0.1, 0.15) is 58.2 Å². The molecule has 1 unspecified atom stereocenters. The number of aromatic nitrogens is 2. The molecule has 1 N–H and O–H groups in total. The fraction of sp³-hybridized carbons (Fsp3) is 0.812. The number of methoxy groups -OCH3 is 1. The highest BCUT2D eigenvalue weighted by molar-refractivity contribution is 5.02. The van der Waals surface area contributed by atoms with Crippen LogP contribution in [0, 0.1) is 0 Å². The van der Waals surface area contributed by atoms with Gasteiger partial charge in [0.05, 0.1) is 11.7 Å². The summed E-state index contributed by atoms with van der Waals surface area (Å²) >= 11 is 0. The van der Waals surface area contributed by atoms with Gasteiger partial charge in [-0.25, -0.2) is 0 Å². The number of nitrogens with zero attached hydrogens (tertiary/aromatic N) is 2. The van der Waals surface area contributed by atoms with Crippen molar-refractivity contribution in [2.75, 3.05) is 20.3 Å². The lowest BCUT2D eigenvalue weighted by Gasteiger charge is -2.17. The van der Waals surface area contributed by atoms with Gasteiger partial charge in [-0.15, -0.1) is 0 Å². The van der Waals surface area contributed by atoms with Crippen molar-refractivity contribution in [2.45, 2.75) is 65.0 Å². The maximum absolute atomic E-state index is 5.20. The van der Waals surface area contributed by atoms with Gasteiger partial charge in [-0.2, -0.15) is 5.10 Å². The molecule has 0 bridgehead atoms. The van der Waals surface area contributed by atoms with Crippen molar-refractivity contribution in [3.05, 3.63) is 18.0 Å². The third-order valence-corrected chi connectivity index (χ3v) is 3.79. The molecule has 1 heterocycles. The minimum absolute atomic E-state index is 0.458. The molecule has 1 rings (SSSR count). The van der Waals surface area contributed by atoms with Crippen molar-refractivity contribution in [1.29, 1.82) is 0 Å². The SMILES string of the molecule is CCCNC(CCOC)Cc1ccn(C(CC)CC)n1. The molecule has 0 fully saturated rings. The van der Waals surface area contributed by atoms with Gasteiger partial charge in [-0.3, -0.25) is 4.68 Å². The number of hydrogen-bond donors (Lipinski definition) is 1. The summed E-state index contributed by atoms with van der Waals surface area (Å²) in [6, 6.07) is 3.15. The maximum Gasteiger partial charge on any atom is 0.0640 e. The molecule has 4 nitrogen and oxygen atoms in total. The van der Waals surface area contributed by atoms with E-state index in [1.54, 1.807) is 7.11 Å². The normalized spacial score (nSPS) is 13.1. The zero-order chi connectivity index (χ0) is 14.8. The van der Waals surface area contributed by atoms with Gasteiger partial charge in [0.15, 0.2) is 0 Å². The Labute approximate surface area is 123 Å². The summed E-state index contributed by atoms with van der Waals surface area (Å²) in [6.07, 6.45) is 7.58. The summed E-state index contributed by atoms with van der Waals surface area (Å²) in [4.78, 5) is 0. The highest BCUT2D eigenvalue weighted by atomic mass is 16.5. The molecule has 1 aromatic heterocycles. The van der Waals surface area contributed by atoms with Gasteiger partial charge in [-0.05, 0) is 38.3 Å². The summed E-state index contributed by atoms with van der Waals surface area (Å²) in [7, 11) is 1.76. The van der Waals surface area contributed by atoms with Crippen molar-refractivity contribution < 1.29 is 4.74 Å². The van der Waals surface area contributed by atoms with E-state index in [0.29, 0.717) is 12.1 Å². The standard InChI is InChI=1S/C16H31N3O/c1-5-10-17-14(9-12-20-4)13-15-8-11-19(18-15)16(6-2)7-3/h8,11,14,16-17H,5-7,9-10,12-13H2,1-4H3. The molecule has 0 saturated heterocycles. The van der Waals surface area contributed by atoms with E-state index in [2.05, 4.69) is 43.0 Å². The van der Waals surface area contributed by atoms with Crippen molar-refractivity contribution in [3.8, 4) is 0 Å². The molecule has 0 saturated carbocycles. The second-order valence-corrected chi connectivity index (χ2v) is 5.39. The monoisotopic (exact) mass is 281 g/mol. The Bertz CT molecular complexity index is 339. The van der Waals surface area contributed by atoms with E-state index >= 15 is 0 Å². The molecule has 1 aromatic rings. The number of nitrogens with one attached hydrogen (secondary N) is 1. The van der Waals surface area contributed by atoms with Crippen LogP contribution in [0.4, 0.5) is 0 Å². The third-order valence-electron chi connectivity index (χ3n) is 3.79. The van der Waals surface area contributed by atoms with Crippen LogP contribution in [0.25, 0.3) is 0 Å². The largest absolute Gasteiger partial charge is 0.385 e. The quantitative estimate of drug-likeness (QED) is 0.677. The average molecular weight is 281 g/mol. The first-order valence-corrected chi connectivity index (χ1v) is 8.01. The number of ether oxygens (including phenoxy) is 1. The highest BCUT2D eigenvalue weighted by Crippen LogP contribution is 2.15. The Morgan fingerprint density at radius 2 is 2.05 bits per heavy atom. The van der Waals surface area contributed by atoms with Crippen molar-refractivity contribution >= 4 is 0 Å². The van der Waals surface area contributed by atoms with Gasteiger partial charge < -0.3 is 10.1 Å². The zero-order valence-corrected chi connectivity index (χ0v) is 13.6. The van der Waals surface area contributed by atoms with Gasteiger partial charge in [0, 0.05) is 32.4 Å². The summed E-state index contributed by atoms with van der Waals surface area (Å²) in [5, 5.41) is 8.33. The molecule has 0 amide bonds. The van der Waals surface area contributed by atoms with Crippen molar-refractivity contribution in [3.63, 3.8) is 0 Å². The van der Waals surface area contributed by atoms with Crippen LogP contribution >= 0.6 is 0 Å². The van der Waals surface area contributed by atoms with E-state index in [1.807, 2.05) is 0 Å². The van der Waals surface area contributed by atoms with Gasteiger partial charge in [-0.1, -0.05) is 20.8 Å². The van der Waals surface area contributed by atoms with Crippen LogP contribution in [0.5, 0.6) is 0 Å². The summed E-state index contributed by atoms with van der Waals surface area (Å²) in [5.74, 6) is 0. The van der Waals surface area contributed by atoms with Crippen LogP contribution < -0.4 is 5.32 Å². The molecular weight excluding hydrogens is 250 g/mol. The number of hydrogen-bond acceptors (Lipinski definition) is 3. The minimum atomic E-state index is 0.458. The first-order chi connectivity index (χ1) is 9.74. The Morgan fingerprint density at radius 1 is 1.30 bits per heavy atom. The molecule has 4 heteroatoms. The van der Waals surface area contributed by atoms with Gasteiger partial charge in [0.25, 0.3) is 0 Å². The van der Waals surface area contributed by atoms with E-state index in [9.17, 15) is 0 Å². The molecule has 0 aromatic carbocycles. The Kier molecular flexibility index (Phi) is 8.54. The fourth-order valence-electron chi connectivity index (χ4n) is 2.49. The minimum Gasteiger partial charge on any atom is -0.385 e. The second-order valence-electron chi connectivity index (χ2n) is 5.39. The van der Waals surface area contributed by atoms with E-state index in [0.717, 1.165) is 45.3 Å². The second kappa shape index (κ2) is 9.94. The van der Waals surface area contributed by atoms with Crippen molar-refractivity contribution in [2.24, 2.45) is 0 Å². The molecule has 0 spiro atoms. The van der Waals surface area contributed by atoms with E-state index in [4.69, 9.17) is 9.84 Å². The van der Waals surface area contributed by atoms with Gasteiger partial charge >= 0.3 is 0 Å².